The second-order valence-corrected chi connectivity index (χ2v) is 7.81. The van der Waals surface area contributed by atoms with E-state index in [1.165, 1.54) is 11.1 Å². The highest BCUT2D eigenvalue weighted by Gasteiger charge is 2.46. The average molecular weight is 340 g/mol. The summed E-state index contributed by atoms with van der Waals surface area (Å²) in [7, 11) is 0. The molecule has 7 heteroatoms. The van der Waals surface area contributed by atoms with E-state index in [9.17, 15) is 14.4 Å². The quantitative estimate of drug-likeness (QED) is 0.482. The second kappa shape index (κ2) is 4.82. The number of nitrogens with one attached hydrogen (secondary N) is 2. The molecule has 0 radical (unpaired) electrons. The van der Waals surface area contributed by atoms with Crippen LogP contribution in [0.2, 0.25) is 0 Å². The van der Waals surface area contributed by atoms with E-state index in [1.807, 2.05) is 6.07 Å². The zero-order valence-electron chi connectivity index (χ0n) is 13.9. The van der Waals surface area contributed by atoms with Gasteiger partial charge in [-0.1, -0.05) is 0 Å². The number of carbonyl (C=O) groups excluding carboxylic acids is 3. The Kier molecular flexibility index (Phi) is 2.87. The Morgan fingerprint density at radius 3 is 2.64 bits per heavy atom. The lowest BCUT2D eigenvalue weighted by molar-refractivity contribution is -0.136. The maximum absolute atomic E-state index is 12.9. The van der Waals surface area contributed by atoms with Crippen LogP contribution in [-0.2, 0) is 29.0 Å². The highest BCUT2D eigenvalue weighted by molar-refractivity contribution is 6.06. The summed E-state index contributed by atoms with van der Waals surface area (Å²) >= 11 is 0. The molecule has 130 valence electrons. The lowest BCUT2D eigenvalue weighted by Gasteiger charge is -2.39. The molecule has 1 aromatic rings. The number of benzene rings is 1. The van der Waals surface area contributed by atoms with Gasteiger partial charge in [-0.05, 0) is 36.5 Å². The Hall–Kier alpha value is -2.41. The number of rotatable bonds is 1. The molecule has 1 unspecified atom stereocenters. The average Bonchev–Trinajstić information content (AvgIpc) is 3.08. The maximum Gasteiger partial charge on any atom is 0.255 e. The van der Waals surface area contributed by atoms with Gasteiger partial charge in [0.05, 0.1) is 0 Å². The van der Waals surface area contributed by atoms with Gasteiger partial charge in [-0.2, -0.15) is 0 Å². The first kappa shape index (κ1) is 14.9. The largest absolute Gasteiger partial charge is 0.398 e. The molecule has 4 aliphatic rings. The standard InChI is InChI=1S/C18H20N4O3/c19-15-11-5-18(7-20-8-18)4-9(11)3-10-12(15)6-22(17(10)25)13-1-2-14(23)21-16(13)24/h3,13,20H,1-2,4-8,19H2,(H,21,23,24). The van der Waals surface area contributed by atoms with Crippen molar-refractivity contribution in [3.63, 3.8) is 0 Å². The van der Waals surface area contributed by atoms with Crippen molar-refractivity contribution in [3.8, 4) is 0 Å². The first-order valence-electron chi connectivity index (χ1n) is 8.76. The van der Waals surface area contributed by atoms with Gasteiger partial charge >= 0.3 is 0 Å². The number of imide groups is 1. The number of fused-ring (bicyclic) bond motifs is 2. The molecular formula is C18H20N4O3. The van der Waals surface area contributed by atoms with Gasteiger partial charge in [0, 0.05) is 48.3 Å². The van der Waals surface area contributed by atoms with Gasteiger partial charge in [0.2, 0.25) is 11.8 Å². The summed E-state index contributed by atoms with van der Waals surface area (Å²) in [4.78, 5) is 38.0. The van der Waals surface area contributed by atoms with Crippen molar-refractivity contribution in [1.82, 2.24) is 15.5 Å². The van der Waals surface area contributed by atoms with E-state index in [4.69, 9.17) is 5.73 Å². The van der Waals surface area contributed by atoms with Crippen molar-refractivity contribution in [2.75, 3.05) is 18.8 Å². The lowest BCUT2D eigenvalue weighted by Crippen LogP contribution is -2.54. The highest BCUT2D eigenvalue weighted by Crippen LogP contribution is 2.45. The molecule has 1 aromatic carbocycles. The third-order valence-electron chi connectivity index (χ3n) is 6.20. The molecule has 3 heterocycles. The topological polar surface area (TPSA) is 105 Å². The number of hydrogen-bond donors (Lipinski definition) is 3. The number of carbonyl (C=O) groups is 3. The number of nitrogens with zero attached hydrogens (tertiary/aromatic N) is 1. The van der Waals surface area contributed by atoms with Crippen LogP contribution in [0, 0.1) is 5.41 Å². The highest BCUT2D eigenvalue weighted by atomic mass is 16.2. The van der Waals surface area contributed by atoms with E-state index in [0.29, 0.717) is 18.5 Å². The Bertz CT molecular complexity index is 843. The molecule has 2 fully saturated rings. The SMILES string of the molecule is Nc1c2c(cc3c1CN(C1CCC(=O)NC1=O)C3=O)CC1(CNC1)C2. The van der Waals surface area contributed by atoms with Gasteiger partial charge in [-0.15, -0.1) is 0 Å². The molecule has 4 N–H and O–H groups in total. The van der Waals surface area contributed by atoms with Gasteiger partial charge in [-0.3, -0.25) is 19.7 Å². The molecule has 7 nitrogen and oxygen atoms in total. The van der Waals surface area contributed by atoms with Crippen LogP contribution in [0.4, 0.5) is 5.69 Å². The fourth-order valence-corrected chi connectivity index (χ4v) is 4.77. The van der Waals surface area contributed by atoms with E-state index < -0.39 is 6.04 Å². The summed E-state index contributed by atoms with van der Waals surface area (Å²) in [5.74, 6) is -0.807. The maximum atomic E-state index is 12.9. The Labute approximate surface area is 144 Å². The number of piperidine rings is 1. The fourth-order valence-electron chi connectivity index (χ4n) is 4.77. The first-order valence-corrected chi connectivity index (χ1v) is 8.76. The van der Waals surface area contributed by atoms with Crippen LogP contribution in [-0.4, -0.2) is 41.8 Å². The van der Waals surface area contributed by atoms with E-state index in [0.717, 1.165) is 37.2 Å². The summed E-state index contributed by atoms with van der Waals surface area (Å²) in [6.07, 6.45) is 2.55. The van der Waals surface area contributed by atoms with Crippen molar-refractivity contribution in [2.24, 2.45) is 5.41 Å². The van der Waals surface area contributed by atoms with Crippen LogP contribution in [0.3, 0.4) is 0 Å². The molecule has 5 rings (SSSR count). The van der Waals surface area contributed by atoms with Crippen molar-refractivity contribution < 1.29 is 14.4 Å². The van der Waals surface area contributed by atoms with Gasteiger partial charge in [0.1, 0.15) is 6.04 Å². The molecule has 3 amide bonds. The monoisotopic (exact) mass is 340 g/mol. The van der Waals surface area contributed by atoms with Crippen molar-refractivity contribution in [2.45, 2.75) is 38.3 Å². The number of amides is 3. The number of nitrogens with two attached hydrogens (primary N) is 1. The number of hydrogen-bond acceptors (Lipinski definition) is 5. The molecule has 3 aliphatic heterocycles. The molecule has 1 spiro atoms. The van der Waals surface area contributed by atoms with Crippen molar-refractivity contribution >= 4 is 23.4 Å². The van der Waals surface area contributed by atoms with E-state index in [-0.39, 0.29) is 29.6 Å². The molecule has 1 aliphatic carbocycles. The Morgan fingerprint density at radius 1 is 1.16 bits per heavy atom. The minimum atomic E-state index is -0.589. The molecule has 1 atom stereocenters. The van der Waals surface area contributed by atoms with E-state index in [1.54, 1.807) is 4.90 Å². The van der Waals surface area contributed by atoms with Crippen LogP contribution in [0.5, 0.6) is 0 Å². The van der Waals surface area contributed by atoms with Crippen LogP contribution in [0.15, 0.2) is 6.07 Å². The van der Waals surface area contributed by atoms with Gasteiger partial charge in [0.15, 0.2) is 0 Å². The normalized spacial score (nSPS) is 26.5. The summed E-state index contributed by atoms with van der Waals surface area (Å²) in [6.45, 7) is 2.36. The van der Waals surface area contributed by atoms with Gasteiger partial charge in [0.25, 0.3) is 5.91 Å². The summed E-state index contributed by atoms with van der Waals surface area (Å²) in [5.41, 5.74) is 11.3. The smallest absolute Gasteiger partial charge is 0.255 e. The summed E-state index contributed by atoms with van der Waals surface area (Å²) < 4.78 is 0. The summed E-state index contributed by atoms with van der Waals surface area (Å²) in [5, 5.41) is 5.66. The van der Waals surface area contributed by atoms with Crippen LogP contribution in [0.25, 0.3) is 0 Å². The lowest BCUT2D eigenvalue weighted by atomic mass is 9.79. The third kappa shape index (κ3) is 1.99. The number of anilines is 1. The van der Waals surface area contributed by atoms with Crippen LogP contribution in [0.1, 0.15) is 39.9 Å². The zero-order chi connectivity index (χ0) is 17.3. The first-order chi connectivity index (χ1) is 12.0. The minimum absolute atomic E-state index is 0.147. The van der Waals surface area contributed by atoms with Crippen molar-refractivity contribution in [3.05, 3.63) is 28.3 Å². The third-order valence-corrected chi connectivity index (χ3v) is 6.20. The second-order valence-electron chi connectivity index (χ2n) is 7.81. The predicted octanol–water partition coefficient (Wildman–Crippen LogP) is -0.282. The van der Waals surface area contributed by atoms with Crippen LogP contribution < -0.4 is 16.4 Å². The zero-order valence-corrected chi connectivity index (χ0v) is 13.9. The fraction of sp³-hybridized carbons (Fsp3) is 0.500. The molecule has 0 bridgehead atoms. The Morgan fingerprint density at radius 2 is 1.96 bits per heavy atom. The molecule has 0 saturated carbocycles. The van der Waals surface area contributed by atoms with E-state index >= 15 is 0 Å². The van der Waals surface area contributed by atoms with Crippen LogP contribution >= 0.6 is 0 Å². The van der Waals surface area contributed by atoms with Gasteiger partial charge in [-0.25, -0.2) is 0 Å². The number of nitrogen functional groups attached to an aromatic ring is 1. The minimum Gasteiger partial charge on any atom is -0.398 e. The molecular weight excluding hydrogens is 320 g/mol. The molecule has 0 aromatic heterocycles. The van der Waals surface area contributed by atoms with Gasteiger partial charge < -0.3 is 16.0 Å². The van der Waals surface area contributed by atoms with E-state index in [2.05, 4.69) is 10.6 Å². The predicted molar refractivity (Wildman–Crippen MR) is 89.6 cm³/mol. The van der Waals surface area contributed by atoms with Crippen molar-refractivity contribution in [1.29, 1.82) is 0 Å². The molecule has 2 saturated heterocycles. The molecule has 25 heavy (non-hydrogen) atoms. The summed E-state index contributed by atoms with van der Waals surface area (Å²) in [6, 6.07) is 1.40. The Balaban J connectivity index is 1.48.